The summed E-state index contributed by atoms with van der Waals surface area (Å²) in [6.45, 7) is 5.50. The van der Waals surface area contributed by atoms with Gasteiger partial charge >= 0.3 is 5.97 Å². The van der Waals surface area contributed by atoms with Crippen LogP contribution in [0.5, 0.6) is 0 Å². The van der Waals surface area contributed by atoms with Gasteiger partial charge in [-0.15, -0.1) is 0 Å². The van der Waals surface area contributed by atoms with Crippen molar-refractivity contribution < 1.29 is 14.3 Å². The molecule has 5 heteroatoms. The molecule has 1 aromatic rings. The molecule has 0 aromatic carbocycles. The average Bonchev–Trinajstić information content (AvgIpc) is 2.56. The third kappa shape index (κ3) is 2.49. The number of hydrogen-bond donors (Lipinski definition) is 2. The molecular weight excluding hydrogens is 208 g/mol. The first-order valence-corrected chi connectivity index (χ1v) is 5.10. The van der Waals surface area contributed by atoms with E-state index in [2.05, 4.69) is 4.98 Å². The molecule has 0 saturated carbocycles. The Bertz CT molecular complexity index is 409. The Hall–Kier alpha value is -1.62. The van der Waals surface area contributed by atoms with Crippen molar-refractivity contribution in [2.75, 3.05) is 6.61 Å². The van der Waals surface area contributed by atoms with Crippen molar-refractivity contribution in [3.63, 3.8) is 0 Å². The zero-order chi connectivity index (χ0) is 12.3. The van der Waals surface area contributed by atoms with E-state index in [9.17, 15) is 9.59 Å². The van der Waals surface area contributed by atoms with Crippen LogP contribution in [0.15, 0.2) is 6.07 Å². The fraction of sp³-hybridized carbons (Fsp3) is 0.455. The quantitative estimate of drug-likeness (QED) is 0.448. The van der Waals surface area contributed by atoms with Crippen molar-refractivity contribution in [3.8, 4) is 0 Å². The molecule has 1 unspecified atom stereocenters. The van der Waals surface area contributed by atoms with Gasteiger partial charge in [-0.3, -0.25) is 4.79 Å². The summed E-state index contributed by atoms with van der Waals surface area (Å²) in [4.78, 5) is 26.0. The lowest BCUT2D eigenvalue weighted by molar-refractivity contribution is -0.143. The first-order valence-electron chi connectivity index (χ1n) is 5.10. The van der Waals surface area contributed by atoms with Crippen molar-refractivity contribution >= 4 is 11.8 Å². The van der Waals surface area contributed by atoms with Crippen LogP contribution in [-0.4, -0.2) is 29.4 Å². The van der Waals surface area contributed by atoms with Gasteiger partial charge in [0.1, 0.15) is 0 Å². The van der Waals surface area contributed by atoms with E-state index in [-0.39, 0.29) is 6.61 Å². The molecule has 0 fully saturated rings. The Labute approximate surface area is 94.0 Å². The number of nitrogens with one attached hydrogen (secondary N) is 1. The molecule has 16 heavy (non-hydrogen) atoms. The van der Waals surface area contributed by atoms with Crippen LogP contribution < -0.4 is 5.73 Å². The first kappa shape index (κ1) is 12.4. The molecule has 0 bridgehead atoms. The number of nitrogens with two attached hydrogens (primary N) is 1. The molecule has 5 nitrogen and oxygen atoms in total. The summed E-state index contributed by atoms with van der Waals surface area (Å²) in [6, 6.07) is 0.571. The van der Waals surface area contributed by atoms with Gasteiger partial charge in [0.15, 0.2) is 6.04 Å². The zero-order valence-electron chi connectivity index (χ0n) is 9.66. The lowest BCUT2D eigenvalue weighted by Gasteiger charge is -2.08. The summed E-state index contributed by atoms with van der Waals surface area (Å²) < 4.78 is 4.69. The molecule has 88 valence electrons. The lowest BCUT2D eigenvalue weighted by atomic mass is 10.1. The van der Waals surface area contributed by atoms with Gasteiger partial charge in [-0.25, -0.2) is 4.79 Å². The van der Waals surface area contributed by atoms with Crippen LogP contribution in [0.1, 0.15) is 28.7 Å². The fourth-order valence-corrected chi connectivity index (χ4v) is 1.48. The number of ketones is 1. The second kappa shape index (κ2) is 4.94. The highest BCUT2D eigenvalue weighted by molar-refractivity contribution is 6.11. The third-order valence-electron chi connectivity index (χ3n) is 2.22. The Morgan fingerprint density at radius 1 is 1.50 bits per heavy atom. The SMILES string of the molecule is CCOC(=O)C(N)C(=O)c1[nH]c(C)cc1C. The topological polar surface area (TPSA) is 85.2 Å². The van der Waals surface area contributed by atoms with Crippen molar-refractivity contribution in [2.45, 2.75) is 26.8 Å². The van der Waals surface area contributed by atoms with E-state index < -0.39 is 17.8 Å². The van der Waals surface area contributed by atoms with Crippen LogP contribution in [0.3, 0.4) is 0 Å². The standard InChI is InChI=1S/C11H16N2O3/c1-4-16-11(15)8(12)10(14)9-6(2)5-7(3)13-9/h5,8,13H,4,12H2,1-3H3. The minimum absolute atomic E-state index is 0.211. The van der Waals surface area contributed by atoms with E-state index in [0.717, 1.165) is 11.3 Å². The highest BCUT2D eigenvalue weighted by Crippen LogP contribution is 2.11. The number of hydrogen-bond acceptors (Lipinski definition) is 4. The minimum atomic E-state index is -1.25. The fourth-order valence-electron chi connectivity index (χ4n) is 1.48. The van der Waals surface area contributed by atoms with E-state index >= 15 is 0 Å². The number of carbonyl (C=O) groups is 2. The summed E-state index contributed by atoms with van der Waals surface area (Å²) in [6.07, 6.45) is 0. The van der Waals surface area contributed by atoms with Crippen LogP contribution in [0.25, 0.3) is 0 Å². The Morgan fingerprint density at radius 3 is 2.56 bits per heavy atom. The number of esters is 1. The highest BCUT2D eigenvalue weighted by atomic mass is 16.5. The molecular formula is C11H16N2O3. The normalized spacial score (nSPS) is 12.2. The maximum atomic E-state index is 11.8. The summed E-state index contributed by atoms with van der Waals surface area (Å²) in [5.41, 5.74) is 7.52. The van der Waals surface area contributed by atoms with Crippen LogP contribution >= 0.6 is 0 Å². The van der Waals surface area contributed by atoms with Crippen molar-refractivity contribution in [2.24, 2.45) is 5.73 Å². The van der Waals surface area contributed by atoms with Crippen LogP contribution in [0.2, 0.25) is 0 Å². The van der Waals surface area contributed by atoms with Gasteiger partial charge in [-0.05, 0) is 32.4 Å². The predicted molar refractivity (Wildman–Crippen MR) is 59.2 cm³/mol. The zero-order valence-corrected chi connectivity index (χ0v) is 9.66. The molecule has 0 saturated heterocycles. The molecule has 3 N–H and O–H groups in total. The highest BCUT2D eigenvalue weighted by Gasteiger charge is 2.26. The summed E-state index contributed by atoms with van der Waals surface area (Å²) >= 11 is 0. The summed E-state index contributed by atoms with van der Waals surface area (Å²) in [5.74, 6) is -1.14. The van der Waals surface area contributed by atoms with Crippen LogP contribution in [-0.2, 0) is 9.53 Å². The van der Waals surface area contributed by atoms with Gasteiger partial charge in [0.25, 0.3) is 0 Å². The van der Waals surface area contributed by atoms with E-state index in [1.807, 2.05) is 13.0 Å². The maximum absolute atomic E-state index is 11.8. The smallest absolute Gasteiger partial charge is 0.331 e. The van der Waals surface area contributed by atoms with Gasteiger partial charge in [0.05, 0.1) is 12.3 Å². The molecule has 0 aliphatic carbocycles. The number of H-pyrrole nitrogens is 1. The van der Waals surface area contributed by atoms with E-state index in [1.54, 1.807) is 13.8 Å². The van der Waals surface area contributed by atoms with Gasteiger partial charge in [0.2, 0.25) is 5.78 Å². The largest absolute Gasteiger partial charge is 0.464 e. The van der Waals surface area contributed by atoms with Crippen molar-refractivity contribution in [1.82, 2.24) is 4.98 Å². The van der Waals surface area contributed by atoms with Gasteiger partial charge in [-0.2, -0.15) is 0 Å². The number of Topliss-reactive ketones (excluding diaryl/α,β-unsaturated/α-hetero) is 1. The summed E-state index contributed by atoms with van der Waals surface area (Å²) in [7, 11) is 0. The number of aromatic nitrogens is 1. The lowest BCUT2D eigenvalue weighted by Crippen LogP contribution is -2.40. The average molecular weight is 224 g/mol. The minimum Gasteiger partial charge on any atom is -0.464 e. The predicted octanol–water partition coefficient (Wildman–Crippen LogP) is 0.705. The molecule has 0 aliphatic heterocycles. The third-order valence-corrected chi connectivity index (χ3v) is 2.22. The number of ether oxygens (including phenoxy) is 1. The number of carbonyl (C=O) groups excluding carboxylic acids is 2. The Balaban J connectivity index is 2.86. The summed E-state index contributed by atoms with van der Waals surface area (Å²) in [5, 5.41) is 0. The number of aromatic amines is 1. The van der Waals surface area contributed by atoms with Crippen LogP contribution in [0.4, 0.5) is 0 Å². The van der Waals surface area contributed by atoms with Gasteiger partial charge in [0, 0.05) is 5.69 Å². The molecule has 1 heterocycles. The molecule has 0 amide bonds. The van der Waals surface area contributed by atoms with Gasteiger partial charge in [-0.1, -0.05) is 0 Å². The maximum Gasteiger partial charge on any atom is 0.331 e. The number of rotatable bonds is 4. The molecule has 1 aromatic heterocycles. The number of aryl methyl sites for hydroxylation is 2. The van der Waals surface area contributed by atoms with Crippen molar-refractivity contribution in [1.29, 1.82) is 0 Å². The molecule has 1 rings (SSSR count). The van der Waals surface area contributed by atoms with E-state index in [4.69, 9.17) is 10.5 Å². The second-order valence-electron chi connectivity index (χ2n) is 3.60. The van der Waals surface area contributed by atoms with E-state index in [1.165, 1.54) is 0 Å². The molecule has 0 radical (unpaired) electrons. The second-order valence-corrected chi connectivity index (χ2v) is 3.60. The van der Waals surface area contributed by atoms with Crippen LogP contribution in [0, 0.1) is 13.8 Å². The Kier molecular flexibility index (Phi) is 3.84. The molecule has 0 spiro atoms. The molecule has 0 aliphatic rings. The monoisotopic (exact) mass is 224 g/mol. The molecule has 1 atom stereocenters. The van der Waals surface area contributed by atoms with E-state index in [0.29, 0.717) is 5.69 Å². The first-order chi connectivity index (χ1) is 7.47. The van der Waals surface area contributed by atoms with Crippen molar-refractivity contribution in [3.05, 3.63) is 23.0 Å². The van der Waals surface area contributed by atoms with Gasteiger partial charge < -0.3 is 15.5 Å². The Morgan fingerprint density at radius 2 is 2.12 bits per heavy atom.